The molecule has 1 saturated heterocycles. The lowest BCUT2D eigenvalue weighted by atomic mass is 9.96. The van der Waals surface area contributed by atoms with Gasteiger partial charge in [-0.15, -0.1) is 0 Å². The summed E-state index contributed by atoms with van der Waals surface area (Å²) in [6, 6.07) is 10.5. The van der Waals surface area contributed by atoms with E-state index >= 15 is 0 Å². The van der Waals surface area contributed by atoms with E-state index in [1.807, 2.05) is 36.4 Å². The van der Waals surface area contributed by atoms with Gasteiger partial charge in [-0.05, 0) is 29.3 Å². The van der Waals surface area contributed by atoms with E-state index in [0.717, 1.165) is 33.8 Å². The summed E-state index contributed by atoms with van der Waals surface area (Å²) in [7, 11) is 3.55. The summed E-state index contributed by atoms with van der Waals surface area (Å²) in [5, 5.41) is 14.4. The number of fused-ring (bicyclic) bond motifs is 1. The molecule has 4 heterocycles. The molecule has 29 heavy (non-hydrogen) atoms. The molecule has 7 nitrogen and oxygen atoms in total. The first-order chi connectivity index (χ1) is 14.1. The van der Waals surface area contributed by atoms with Crippen LogP contribution >= 0.6 is 0 Å². The van der Waals surface area contributed by atoms with Crippen LogP contribution in [0.1, 0.15) is 16.7 Å². The molecule has 0 unspecified atom stereocenters. The maximum absolute atomic E-state index is 10.1. The SMILES string of the molecule is CO[C@H]1CN(c2cc(C3=NCc4ccc(-c5cnn(C)c5)cc43)ccn2)C[C@@H]1O. The Labute approximate surface area is 169 Å². The highest BCUT2D eigenvalue weighted by atomic mass is 16.5. The summed E-state index contributed by atoms with van der Waals surface area (Å²) in [4.78, 5) is 11.4. The molecule has 0 amide bonds. The molecule has 0 radical (unpaired) electrons. The fourth-order valence-corrected chi connectivity index (χ4v) is 4.09. The minimum Gasteiger partial charge on any atom is -0.388 e. The average molecular weight is 389 g/mol. The summed E-state index contributed by atoms with van der Waals surface area (Å²) < 4.78 is 7.17. The highest BCUT2D eigenvalue weighted by Gasteiger charge is 2.32. The first-order valence-electron chi connectivity index (χ1n) is 9.71. The lowest BCUT2D eigenvalue weighted by molar-refractivity contribution is 0.0217. The van der Waals surface area contributed by atoms with Crippen molar-refractivity contribution in [2.45, 2.75) is 18.8 Å². The first-order valence-corrected chi connectivity index (χ1v) is 9.71. The number of hydrogen-bond donors (Lipinski definition) is 1. The first kappa shape index (κ1) is 18.0. The van der Waals surface area contributed by atoms with Gasteiger partial charge >= 0.3 is 0 Å². The molecule has 0 aliphatic carbocycles. The number of nitrogens with zero attached hydrogens (tertiary/aromatic N) is 5. The predicted octanol–water partition coefficient (Wildman–Crippen LogP) is 2.03. The molecule has 0 spiro atoms. The second-order valence-corrected chi connectivity index (χ2v) is 7.59. The van der Waals surface area contributed by atoms with Crippen molar-refractivity contribution < 1.29 is 9.84 Å². The van der Waals surface area contributed by atoms with Crippen LogP contribution in [0.25, 0.3) is 11.1 Å². The largest absolute Gasteiger partial charge is 0.388 e. The van der Waals surface area contributed by atoms with Crippen molar-refractivity contribution >= 4 is 11.5 Å². The van der Waals surface area contributed by atoms with Gasteiger partial charge in [0.25, 0.3) is 0 Å². The third-order valence-electron chi connectivity index (χ3n) is 5.69. The predicted molar refractivity (Wildman–Crippen MR) is 111 cm³/mol. The molecule has 148 valence electrons. The van der Waals surface area contributed by atoms with Gasteiger partial charge in [-0.1, -0.05) is 12.1 Å². The van der Waals surface area contributed by atoms with Gasteiger partial charge in [-0.25, -0.2) is 4.98 Å². The van der Waals surface area contributed by atoms with Crippen LogP contribution in [0.4, 0.5) is 5.82 Å². The number of aromatic nitrogens is 3. The second kappa shape index (κ2) is 7.09. The molecule has 2 atom stereocenters. The fraction of sp³-hybridized carbons (Fsp3) is 0.318. The third kappa shape index (κ3) is 3.22. The molecule has 2 aliphatic rings. The number of pyridine rings is 1. The zero-order chi connectivity index (χ0) is 20.0. The number of aliphatic hydroxyl groups excluding tert-OH is 1. The summed E-state index contributed by atoms with van der Waals surface area (Å²) in [6.07, 6.45) is 5.01. The van der Waals surface area contributed by atoms with Gasteiger partial charge in [-0.2, -0.15) is 5.10 Å². The van der Waals surface area contributed by atoms with Crippen LogP contribution in [-0.2, 0) is 18.3 Å². The van der Waals surface area contributed by atoms with E-state index in [9.17, 15) is 5.11 Å². The van der Waals surface area contributed by atoms with Crippen molar-refractivity contribution in [3.8, 4) is 11.1 Å². The van der Waals surface area contributed by atoms with Gasteiger partial charge in [0.15, 0.2) is 0 Å². The molecule has 7 heteroatoms. The molecule has 1 fully saturated rings. The minimum absolute atomic E-state index is 0.188. The van der Waals surface area contributed by atoms with Crippen LogP contribution < -0.4 is 4.90 Å². The Morgan fingerprint density at radius 1 is 1.10 bits per heavy atom. The zero-order valence-electron chi connectivity index (χ0n) is 16.5. The van der Waals surface area contributed by atoms with Crippen molar-refractivity contribution in [3.05, 3.63) is 65.6 Å². The second-order valence-electron chi connectivity index (χ2n) is 7.59. The average Bonchev–Trinajstić information content (AvgIpc) is 3.45. The number of benzene rings is 1. The van der Waals surface area contributed by atoms with E-state index in [1.54, 1.807) is 7.11 Å². The maximum atomic E-state index is 10.1. The van der Waals surface area contributed by atoms with E-state index in [4.69, 9.17) is 9.73 Å². The Bertz CT molecular complexity index is 1090. The van der Waals surface area contributed by atoms with E-state index in [2.05, 4.69) is 39.2 Å². The van der Waals surface area contributed by atoms with Gasteiger partial charge in [0.05, 0.1) is 24.6 Å². The Kier molecular flexibility index (Phi) is 4.41. The third-order valence-corrected chi connectivity index (χ3v) is 5.69. The van der Waals surface area contributed by atoms with Gasteiger partial charge in [0.1, 0.15) is 11.9 Å². The molecular formula is C22H23N5O2. The van der Waals surface area contributed by atoms with E-state index in [0.29, 0.717) is 19.6 Å². The van der Waals surface area contributed by atoms with Crippen LogP contribution in [-0.4, -0.2) is 58.0 Å². The van der Waals surface area contributed by atoms with Crippen molar-refractivity contribution in [1.29, 1.82) is 0 Å². The van der Waals surface area contributed by atoms with E-state index < -0.39 is 6.10 Å². The summed E-state index contributed by atoms with van der Waals surface area (Å²) in [5.41, 5.74) is 6.62. The normalized spacial score (nSPS) is 20.8. The summed E-state index contributed by atoms with van der Waals surface area (Å²) >= 11 is 0. The number of hydrogen-bond acceptors (Lipinski definition) is 6. The van der Waals surface area contributed by atoms with Crippen LogP contribution in [0.5, 0.6) is 0 Å². The number of ether oxygens (including phenoxy) is 1. The molecule has 2 aliphatic heterocycles. The highest BCUT2D eigenvalue weighted by molar-refractivity contribution is 6.15. The van der Waals surface area contributed by atoms with Crippen LogP contribution in [0.2, 0.25) is 0 Å². The number of aryl methyl sites for hydroxylation is 1. The number of methoxy groups -OCH3 is 1. The topological polar surface area (TPSA) is 75.8 Å². The van der Waals surface area contributed by atoms with Crippen LogP contribution in [0.15, 0.2) is 53.9 Å². The Hall–Kier alpha value is -3.03. The number of aliphatic hydroxyl groups is 1. The lowest BCUT2D eigenvalue weighted by Crippen LogP contribution is -2.25. The van der Waals surface area contributed by atoms with Crippen LogP contribution in [0.3, 0.4) is 0 Å². The molecule has 0 bridgehead atoms. The number of aliphatic imine (C=N–C) groups is 1. The number of anilines is 1. The highest BCUT2D eigenvalue weighted by Crippen LogP contribution is 2.30. The molecule has 2 aromatic heterocycles. The molecule has 3 aromatic rings. The standard InChI is InChI=1S/C22H23N5O2/c1-26-11-17(10-25-26)14-3-4-16-9-24-22(18(16)7-14)15-5-6-23-21(8-15)27-12-19(28)20(13-27)29-2/h3-8,10-11,19-20,28H,9,12-13H2,1-2H3/t19-,20-/m0/s1. The quantitative estimate of drug-likeness (QED) is 0.739. The van der Waals surface area contributed by atoms with E-state index in [-0.39, 0.29) is 6.10 Å². The Morgan fingerprint density at radius 3 is 2.76 bits per heavy atom. The van der Waals surface area contributed by atoms with Gasteiger partial charge < -0.3 is 14.7 Å². The Morgan fingerprint density at radius 2 is 2.00 bits per heavy atom. The Balaban J connectivity index is 1.47. The van der Waals surface area contributed by atoms with Gasteiger partial charge in [0.2, 0.25) is 0 Å². The molecule has 1 N–H and O–H groups in total. The fourth-order valence-electron chi connectivity index (χ4n) is 4.09. The molecule has 0 saturated carbocycles. The van der Waals surface area contributed by atoms with Crippen molar-refractivity contribution in [2.75, 3.05) is 25.1 Å². The maximum Gasteiger partial charge on any atom is 0.129 e. The van der Waals surface area contributed by atoms with Gasteiger partial charge in [0, 0.05) is 56.3 Å². The smallest absolute Gasteiger partial charge is 0.129 e. The summed E-state index contributed by atoms with van der Waals surface area (Å²) in [5.74, 6) is 0.834. The number of rotatable bonds is 4. The van der Waals surface area contributed by atoms with Crippen molar-refractivity contribution in [3.63, 3.8) is 0 Å². The zero-order valence-corrected chi connectivity index (χ0v) is 16.5. The molecule has 1 aromatic carbocycles. The van der Waals surface area contributed by atoms with Crippen molar-refractivity contribution in [1.82, 2.24) is 14.8 Å². The van der Waals surface area contributed by atoms with Gasteiger partial charge in [-0.3, -0.25) is 9.67 Å². The molecular weight excluding hydrogens is 366 g/mol. The van der Waals surface area contributed by atoms with E-state index in [1.165, 1.54) is 5.56 Å². The monoisotopic (exact) mass is 389 g/mol. The minimum atomic E-state index is -0.503. The number of β-amino-alcohol motifs (C(OH)–C–C–N with tert-alkyl or cyclic N) is 1. The summed E-state index contributed by atoms with van der Waals surface area (Å²) in [6.45, 7) is 1.83. The lowest BCUT2D eigenvalue weighted by Gasteiger charge is -2.17. The van der Waals surface area contributed by atoms with Crippen molar-refractivity contribution in [2.24, 2.45) is 12.0 Å². The van der Waals surface area contributed by atoms with Crippen LogP contribution in [0, 0.1) is 0 Å². The molecule has 5 rings (SSSR count).